The third-order valence-electron chi connectivity index (χ3n) is 4.60. The number of esters is 1. The first-order valence-electron chi connectivity index (χ1n) is 11.4. The van der Waals surface area contributed by atoms with Gasteiger partial charge in [0.2, 0.25) is 5.89 Å². The molecule has 0 aliphatic heterocycles. The molecule has 1 N–H and O–H groups in total. The zero-order valence-corrected chi connectivity index (χ0v) is 19.7. The number of hydrogen-bond acceptors (Lipinski definition) is 7. The number of hydrogen-bond donors (Lipinski definition) is 1. The average molecular weight is 449 g/mol. The van der Waals surface area contributed by atoms with Crippen LogP contribution < -0.4 is 5.32 Å². The van der Waals surface area contributed by atoms with E-state index in [0.717, 1.165) is 44.2 Å². The molecule has 0 spiro atoms. The number of nitrogens with one attached hydrogen (secondary N) is 1. The van der Waals surface area contributed by atoms with E-state index < -0.39 is 11.6 Å². The second-order valence-corrected chi connectivity index (χ2v) is 8.65. The number of carbonyl (C=O) groups is 2. The predicted molar refractivity (Wildman–Crippen MR) is 120 cm³/mol. The van der Waals surface area contributed by atoms with Gasteiger partial charge in [-0.1, -0.05) is 32.1 Å². The number of aryl methyl sites for hydroxylation is 1. The van der Waals surface area contributed by atoms with Crippen LogP contribution in [0.4, 0.5) is 4.79 Å². The van der Waals surface area contributed by atoms with Gasteiger partial charge in [-0.15, -0.1) is 0 Å². The second-order valence-electron chi connectivity index (χ2n) is 8.65. The fourth-order valence-corrected chi connectivity index (χ4v) is 3.09. The van der Waals surface area contributed by atoms with Gasteiger partial charge in [0, 0.05) is 19.3 Å². The van der Waals surface area contributed by atoms with Crippen molar-refractivity contribution in [2.45, 2.75) is 84.8 Å². The largest absolute Gasteiger partial charge is 0.461 e. The molecular weight excluding hydrogens is 412 g/mol. The Morgan fingerprint density at radius 2 is 1.78 bits per heavy atom. The second kappa shape index (κ2) is 12.9. The topological polar surface area (TPSA) is 108 Å². The summed E-state index contributed by atoms with van der Waals surface area (Å²) in [4.78, 5) is 27.4. The number of carbonyl (C=O) groups excluding carboxylic acids is 2. The summed E-state index contributed by atoms with van der Waals surface area (Å²) in [6, 6.07) is 0. The lowest BCUT2D eigenvalue weighted by molar-refractivity contribution is 0.0512. The first-order valence-corrected chi connectivity index (χ1v) is 11.4. The van der Waals surface area contributed by atoms with E-state index in [9.17, 15) is 9.59 Å². The Balaban J connectivity index is 1.53. The molecule has 0 atom stereocenters. The molecule has 1 amide bonds. The normalized spacial score (nSPS) is 11.4. The minimum Gasteiger partial charge on any atom is -0.461 e. The van der Waals surface area contributed by atoms with Crippen molar-refractivity contribution in [3.05, 3.63) is 24.4 Å². The number of oxazole rings is 1. The highest BCUT2D eigenvalue weighted by molar-refractivity contribution is 5.87. The molecule has 0 aliphatic carbocycles. The maximum Gasteiger partial charge on any atom is 0.407 e. The number of rotatable bonds is 13. The van der Waals surface area contributed by atoms with Gasteiger partial charge >= 0.3 is 12.1 Å². The summed E-state index contributed by atoms with van der Waals surface area (Å²) in [5.74, 6) is -0.130. The maximum absolute atomic E-state index is 11.7. The number of aromatic nitrogens is 3. The van der Waals surface area contributed by atoms with E-state index in [1.807, 2.05) is 31.6 Å². The lowest BCUT2D eigenvalue weighted by atomic mass is 10.1. The van der Waals surface area contributed by atoms with Crippen LogP contribution in [0.15, 0.2) is 23.1 Å². The Kier molecular flexibility index (Phi) is 10.2. The Morgan fingerprint density at radius 3 is 2.47 bits per heavy atom. The molecule has 178 valence electrons. The highest BCUT2D eigenvalue weighted by atomic mass is 16.6. The monoisotopic (exact) mass is 448 g/mol. The summed E-state index contributed by atoms with van der Waals surface area (Å²) in [5.41, 5.74) is 0.446. The molecule has 0 aromatic carbocycles. The van der Waals surface area contributed by atoms with E-state index in [0.29, 0.717) is 19.0 Å². The zero-order chi connectivity index (χ0) is 23.4. The standard InChI is InChI=1S/C23H36N4O5/c1-5-30-21(28)19-17-31-20(26-19)18-15-25-27(16-18)14-12-10-8-6-7-9-11-13-24-22(29)32-23(2,3)4/h15-17H,5-14H2,1-4H3,(H,24,29). The summed E-state index contributed by atoms with van der Waals surface area (Å²) in [6.07, 6.45) is 12.3. The lowest BCUT2D eigenvalue weighted by Gasteiger charge is -2.19. The number of amides is 1. The van der Waals surface area contributed by atoms with Gasteiger partial charge in [-0.25, -0.2) is 14.6 Å². The van der Waals surface area contributed by atoms with Crippen LogP contribution in [0.5, 0.6) is 0 Å². The van der Waals surface area contributed by atoms with Crippen LogP contribution in [0.2, 0.25) is 0 Å². The van der Waals surface area contributed by atoms with Crippen LogP contribution >= 0.6 is 0 Å². The Morgan fingerprint density at radius 1 is 1.09 bits per heavy atom. The Bertz CT molecular complexity index is 838. The molecular formula is C23H36N4O5. The quantitative estimate of drug-likeness (QED) is 0.340. The van der Waals surface area contributed by atoms with Crippen molar-refractivity contribution in [1.82, 2.24) is 20.1 Å². The first kappa shape index (κ1) is 25.4. The van der Waals surface area contributed by atoms with Gasteiger partial charge in [-0.3, -0.25) is 4.68 Å². The van der Waals surface area contributed by atoms with Gasteiger partial charge < -0.3 is 19.2 Å². The summed E-state index contributed by atoms with van der Waals surface area (Å²) < 4.78 is 17.4. The van der Waals surface area contributed by atoms with Crippen molar-refractivity contribution in [3.8, 4) is 11.5 Å². The third kappa shape index (κ3) is 9.53. The van der Waals surface area contributed by atoms with E-state index in [1.54, 1.807) is 13.1 Å². The predicted octanol–water partition coefficient (Wildman–Crippen LogP) is 4.97. The SMILES string of the molecule is CCOC(=O)c1coc(-c2cnn(CCCCCCCCCNC(=O)OC(C)(C)C)c2)n1. The molecule has 9 heteroatoms. The van der Waals surface area contributed by atoms with Crippen molar-refractivity contribution in [1.29, 1.82) is 0 Å². The number of unbranched alkanes of at least 4 members (excludes halogenated alkanes) is 6. The lowest BCUT2D eigenvalue weighted by Crippen LogP contribution is -2.32. The molecule has 0 saturated carbocycles. The maximum atomic E-state index is 11.7. The summed E-state index contributed by atoms with van der Waals surface area (Å²) >= 11 is 0. The van der Waals surface area contributed by atoms with Crippen molar-refractivity contribution in [2.24, 2.45) is 0 Å². The molecule has 2 aromatic heterocycles. The molecule has 0 fully saturated rings. The van der Waals surface area contributed by atoms with E-state index in [1.165, 1.54) is 19.1 Å². The number of ether oxygens (including phenoxy) is 2. The Labute approximate surface area is 189 Å². The molecule has 0 aliphatic rings. The molecule has 2 rings (SSSR count). The van der Waals surface area contributed by atoms with Crippen molar-refractivity contribution in [2.75, 3.05) is 13.2 Å². The van der Waals surface area contributed by atoms with Crippen LogP contribution in [0, 0.1) is 0 Å². The highest BCUT2D eigenvalue weighted by Crippen LogP contribution is 2.18. The number of alkyl carbamates (subject to hydrolysis) is 1. The molecule has 0 saturated heterocycles. The van der Waals surface area contributed by atoms with E-state index >= 15 is 0 Å². The van der Waals surface area contributed by atoms with Gasteiger partial charge in [-0.05, 0) is 40.5 Å². The molecule has 2 heterocycles. The minimum absolute atomic E-state index is 0.162. The van der Waals surface area contributed by atoms with Crippen molar-refractivity contribution in [3.63, 3.8) is 0 Å². The Hall–Kier alpha value is -2.84. The van der Waals surface area contributed by atoms with E-state index in [-0.39, 0.29) is 11.8 Å². The summed E-state index contributed by atoms with van der Waals surface area (Å²) in [5, 5.41) is 7.13. The van der Waals surface area contributed by atoms with Crippen molar-refractivity contribution < 1.29 is 23.5 Å². The van der Waals surface area contributed by atoms with Gasteiger partial charge in [-0.2, -0.15) is 5.10 Å². The van der Waals surface area contributed by atoms with E-state index in [2.05, 4.69) is 15.4 Å². The first-order chi connectivity index (χ1) is 15.3. The van der Waals surface area contributed by atoms with Crippen LogP contribution in [-0.2, 0) is 16.0 Å². The summed E-state index contributed by atoms with van der Waals surface area (Å²) in [7, 11) is 0. The van der Waals surface area contributed by atoms with Crippen LogP contribution in [0.1, 0.15) is 83.1 Å². The summed E-state index contributed by atoms with van der Waals surface area (Å²) in [6.45, 7) is 9.10. The van der Waals surface area contributed by atoms with Gasteiger partial charge in [0.1, 0.15) is 11.9 Å². The molecule has 32 heavy (non-hydrogen) atoms. The van der Waals surface area contributed by atoms with Crippen LogP contribution in [0.25, 0.3) is 11.5 Å². The third-order valence-corrected chi connectivity index (χ3v) is 4.60. The minimum atomic E-state index is -0.491. The molecule has 0 bridgehead atoms. The molecule has 0 unspecified atom stereocenters. The fourth-order valence-electron chi connectivity index (χ4n) is 3.09. The molecule has 0 radical (unpaired) electrons. The van der Waals surface area contributed by atoms with Gasteiger partial charge in [0.15, 0.2) is 5.69 Å². The van der Waals surface area contributed by atoms with Crippen LogP contribution in [-0.4, -0.2) is 45.6 Å². The average Bonchev–Trinajstić information content (AvgIpc) is 3.37. The van der Waals surface area contributed by atoms with Gasteiger partial charge in [0.25, 0.3) is 0 Å². The molecule has 2 aromatic rings. The van der Waals surface area contributed by atoms with E-state index in [4.69, 9.17) is 13.9 Å². The molecule has 9 nitrogen and oxygen atoms in total. The highest BCUT2D eigenvalue weighted by Gasteiger charge is 2.16. The van der Waals surface area contributed by atoms with Crippen molar-refractivity contribution >= 4 is 12.1 Å². The zero-order valence-electron chi connectivity index (χ0n) is 19.7. The van der Waals surface area contributed by atoms with Crippen LogP contribution in [0.3, 0.4) is 0 Å². The smallest absolute Gasteiger partial charge is 0.407 e. The van der Waals surface area contributed by atoms with Gasteiger partial charge in [0.05, 0.1) is 18.4 Å². The number of nitrogens with zero attached hydrogens (tertiary/aromatic N) is 3. The fraction of sp³-hybridized carbons (Fsp3) is 0.652.